The average Bonchev–Trinajstić information content (AvgIpc) is 2.36. The molecule has 0 radical (unpaired) electrons. The van der Waals surface area contributed by atoms with Gasteiger partial charge in [-0.3, -0.25) is 0 Å². The molecular weight excluding hydrogens is 256 g/mol. The number of hydrogen-bond donors (Lipinski definition) is 1. The number of carbonyl (C=O) groups is 1. The van der Waals surface area contributed by atoms with E-state index in [1.807, 2.05) is 33.9 Å². The van der Waals surface area contributed by atoms with E-state index in [4.69, 9.17) is 4.74 Å². The lowest BCUT2D eigenvalue weighted by molar-refractivity contribution is 0.0220. The number of nitrogens with one attached hydrogen (secondary N) is 1. The van der Waals surface area contributed by atoms with E-state index in [-0.39, 0.29) is 6.09 Å². The molecule has 6 heteroatoms. The summed E-state index contributed by atoms with van der Waals surface area (Å²) in [5.41, 5.74) is 1.53. The van der Waals surface area contributed by atoms with Crippen molar-refractivity contribution in [1.82, 2.24) is 14.9 Å². The van der Waals surface area contributed by atoms with Crippen LogP contribution in [0.5, 0.6) is 0 Å². The fourth-order valence-corrected chi connectivity index (χ4v) is 2.03. The Morgan fingerprint density at radius 1 is 1.50 bits per heavy atom. The summed E-state index contributed by atoms with van der Waals surface area (Å²) in [6, 6.07) is 0. The quantitative estimate of drug-likeness (QED) is 0.898. The summed E-state index contributed by atoms with van der Waals surface area (Å²) in [4.78, 5) is 22.5. The van der Waals surface area contributed by atoms with Crippen LogP contribution in [0.25, 0.3) is 0 Å². The second kappa shape index (κ2) is 5.64. The van der Waals surface area contributed by atoms with Gasteiger partial charge in [0.05, 0.1) is 12.2 Å². The van der Waals surface area contributed by atoms with Crippen molar-refractivity contribution in [3.8, 4) is 0 Å². The van der Waals surface area contributed by atoms with Gasteiger partial charge in [0, 0.05) is 19.3 Å². The molecule has 0 aromatic carbocycles. The lowest BCUT2D eigenvalue weighted by Gasteiger charge is -2.30. The van der Waals surface area contributed by atoms with Crippen LogP contribution in [0.1, 0.15) is 39.0 Å². The van der Waals surface area contributed by atoms with Crippen molar-refractivity contribution in [3.05, 3.63) is 17.5 Å². The van der Waals surface area contributed by atoms with Gasteiger partial charge in [0.1, 0.15) is 5.60 Å². The molecule has 0 saturated heterocycles. The third-order valence-electron chi connectivity index (χ3n) is 2.93. The first-order valence-electron chi connectivity index (χ1n) is 6.95. The highest BCUT2D eigenvalue weighted by atomic mass is 16.6. The van der Waals surface area contributed by atoms with E-state index >= 15 is 0 Å². The SMILES string of the molecule is CCNc1ncc2c(n1)CN(C(=O)OC(C)(C)C)CC2. The molecule has 0 saturated carbocycles. The van der Waals surface area contributed by atoms with Gasteiger partial charge in [-0.25, -0.2) is 14.8 Å². The molecule has 1 aliphatic heterocycles. The van der Waals surface area contributed by atoms with Crippen LogP contribution in [0.15, 0.2) is 6.20 Å². The van der Waals surface area contributed by atoms with Gasteiger partial charge in [0.2, 0.25) is 5.95 Å². The van der Waals surface area contributed by atoms with Crippen LogP contribution in [0.3, 0.4) is 0 Å². The number of anilines is 1. The minimum absolute atomic E-state index is 0.285. The van der Waals surface area contributed by atoms with Crippen LogP contribution in [0.4, 0.5) is 10.7 Å². The summed E-state index contributed by atoms with van der Waals surface area (Å²) >= 11 is 0. The van der Waals surface area contributed by atoms with Gasteiger partial charge < -0.3 is 15.0 Å². The van der Waals surface area contributed by atoms with Crippen LogP contribution in [0, 0.1) is 0 Å². The molecular formula is C14H22N4O2. The number of hydrogen-bond acceptors (Lipinski definition) is 5. The zero-order chi connectivity index (χ0) is 14.8. The maximum absolute atomic E-state index is 12.1. The van der Waals surface area contributed by atoms with Crippen molar-refractivity contribution >= 4 is 12.0 Å². The number of ether oxygens (including phenoxy) is 1. The van der Waals surface area contributed by atoms with Crippen molar-refractivity contribution in [1.29, 1.82) is 0 Å². The predicted octanol–water partition coefficient (Wildman–Crippen LogP) is 2.20. The molecule has 1 aromatic heterocycles. The molecule has 1 aliphatic rings. The number of nitrogens with zero attached hydrogens (tertiary/aromatic N) is 3. The van der Waals surface area contributed by atoms with Gasteiger partial charge in [0.15, 0.2) is 0 Å². The molecule has 2 rings (SSSR count). The second-order valence-electron chi connectivity index (χ2n) is 5.85. The molecule has 1 amide bonds. The molecule has 0 bridgehead atoms. The van der Waals surface area contributed by atoms with Gasteiger partial charge in [-0.2, -0.15) is 0 Å². The summed E-state index contributed by atoms with van der Waals surface area (Å²) in [6.45, 7) is 9.50. The molecule has 0 aliphatic carbocycles. The summed E-state index contributed by atoms with van der Waals surface area (Å²) in [5.74, 6) is 0.609. The molecule has 2 heterocycles. The topological polar surface area (TPSA) is 67.4 Å². The van der Waals surface area contributed by atoms with E-state index in [2.05, 4.69) is 15.3 Å². The average molecular weight is 278 g/mol. The molecule has 1 aromatic rings. The number of aromatic nitrogens is 2. The number of amides is 1. The fourth-order valence-electron chi connectivity index (χ4n) is 2.03. The normalized spacial score (nSPS) is 14.7. The highest BCUT2D eigenvalue weighted by molar-refractivity contribution is 5.68. The zero-order valence-electron chi connectivity index (χ0n) is 12.6. The molecule has 110 valence electrons. The summed E-state index contributed by atoms with van der Waals surface area (Å²) in [5, 5.41) is 3.08. The van der Waals surface area contributed by atoms with Crippen LogP contribution >= 0.6 is 0 Å². The van der Waals surface area contributed by atoms with Crippen LogP contribution in [0.2, 0.25) is 0 Å². The van der Waals surface area contributed by atoms with E-state index in [1.165, 1.54) is 0 Å². The van der Waals surface area contributed by atoms with Crippen LogP contribution in [-0.4, -0.2) is 39.7 Å². The predicted molar refractivity (Wildman–Crippen MR) is 76.5 cm³/mol. The highest BCUT2D eigenvalue weighted by Crippen LogP contribution is 2.20. The fraction of sp³-hybridized carbons (Fsp3) is 0.643. The first-order chi connectivity index (χ1) is 9.39. The standard InChI is InChI=1S/C14H22N4O2/c1-5-15-12-16-8-10-6-7-18(9-11(10)17-12)13(19)20-14(2,3)4/h8H,5-7,9H2,1-4H3,(H,15,16,17). The van der Waals surface area contributed by atoms with Crippen LogP contribution < -0.4 is 5.32 Å². The maximum atomic E-state index is 12.1. The van der Waals surface area contributed by atoms with Crippen molar-refractivity contribution < 1.29 is 9.53 Å². The van der Waals surface area contributed by atoms with E-state index in [9.17, 15) is 4.79 Å². The minimum Gasteiger partial charge on any atom is -0.444 e. The molecule has 0 atom stereocenters. The van der Waals surface area contributed by atoms with E-state index < -0.39 is 5.60 Å². The Labute approximate surface area is 119 Å². The van der Waals surface area contributed by atoms with Gasteiger partial charge >= 0.3 is 6.09 Å². The molecule has 0 spiro atoms. The third-order valence-corrected chi connectivity index (χ3v) is 2.93. The largest absolute Gasteiger partial charge is 0.444 e. The third kappa shape index (κ3) is 3.59. The van der Waals surface area contributed by atoms with Crippen molar-refractivity contribution in [3.63, 3.8) is 0 Å². The van der Waals surface area contributed by atoms with E-state index in [0.29, 0.717) is 19.0 Å². The first kappa shape index (κ1) is 14.6. The Morgan fingerprint density at radius 3 is 2.90 bits per heavy atom. The maximum Gasteiger partial charge on any atom is 0.410 e. The summed E-state index contributed by atoms with van der Waals surface area (Å²) < 4.78 is 5.40. The molecule has 1 N–H and O–H groups in total. The second-order valence-corrected chi connectivity index (χ2v) is 5.85. The summed E-state index contributed by atoms with van der Waals surface area (Å²) in [7, 11) is 0. The highest BCUT2D eigenvalue weighted by Gasteiger charge is 2.26. The molecule has 20 heavy (non-hydrogen) atoms. The molecule has 0 fully saturated rings. The Balaban J connectivity index is 2.09. The Bertz CT molecular complexity index is 496. The van der Waals surface area contributed by atoms with Gasteiger partial charge in [0.25, 0.3) is 0 Å². The first-order valence-corrected chi connectivity index (χ1v) is 6.95. The Morgan fingerprint density at radius 2 is 2.25 bits per heavy atom. The van der Waals surface area contributed by atoms with Gasteiger partial charge in [-0.05, 0) is 39.7 Å². The lowest BCUT2D eigenvalue weighted by Crippen LogP contribution is -2.40. The number of fused-ring (bicyclic) bond motifs is 1. The number of carbonyl (C=O) groups excluding carboxylic acids is 1. The van der Waals surface area contributed by atoms with Crippen molar-refractivity contribution in [2.75, 3.05) is 18.4 Å². The van der Waals surface area contributed by atoms with Crippen molar-refractivity contribution in [2.45, 2.75) is 46.3 Å². The summed E-state index contributed by atoms with van der Waals surface area (Å²) in [6.07, 6.45) is 2.32. The van der Waals surface area contributed by atoms with E-state index in [0.717, 1.165) is 24.2 Å². The van der Waals surface area contributed by atoms with E-state index in [1.54, 1.807) is 4.90 Å². The smallest absolute Gasteiger partial charge is 0.410 e. The number of rotatable bonds is 2. The lowest BCUT2D eigenvalue weighted by atomic mass is 10.1. The monoisotopic (exact) mass is 278 g/mol. The van der Waals surface area contributed by atoms with Crippen molar-refractivity contribution in [2.24, 2.45) is 0 Å². The van der Waals surface area contributed by atoms with Crippen LogP contribution in [-0.2, 0) is 17.7 Å². The Hall–Kier alpha value is -1.85. The zero-order valence-corrected chi connectivity index (χ0v) is 12.6. The Kier molecular flexibility index (Phi) is 4.11. The van der Waals surface area contributed by atoms with Gasteiger partial charge in [-0.1, -0.05) is 0 Å². The molecule has 6 nitrogen and oxygen atoms in total. The molecule has 0 unspecified atom stereocenters. The minimum atomic E-state index is -0.474. The van der Waals surface area contributed by atoms with Gasteiger partial charge in [-0.15, -0.1) is 0 Å².